The summed E-state index contributed by atoms with van der Waals surface area (Å²) in [6.45, 7) is 3.85. The maximum Gasteiger partial charge on any atom is 0.135 e. The summed E-state index contributed by atoms with van der Waals surface area (Å²) in [6, 6.07) is 5.84. The van der Waals surface area contributed by atoms with Crippen LogP contribution in [0.15, 0.2) is 33.4 Å². The van der Waals surface area contributed by atoms with Crippen LogP contribution in [-0.4, -0.2) is 0 Å². The van der Waals surface area contributed by atoms with Gasteiger partial charge in [-0.05, 0) is 24.6 Å². The maximum absolute atomic E-state index is 5.24. The average molecular weight is 210 g/mol. The molecule has 1 aromatic heterocycles. The molecular formula is C9H6BrO. The second kappa shape index (κ2) is 2.38. The van der Waals surface area contributed by atoms with Gasteiger partial charge in [0, 0.05) is 9.86 Å². The fourth-order valence-electron chi connectivity index (χ4n) is 1.11. The van der Waals surface area contributed by atoms with E-state index in [1.54, 1.807) is 6.26 Å². The van der Waals surface area contributed by atoms with Crippen LogP contribution in [0.1, 0.15) is 5.56 Å². The zero-order valence-electron chi connectivity index (χ0n) is 5.80. The first-order valence-corrected chi connectivity index (χ1v) is 4.06. The summed E-state index contributed by atoms with van der Waals surface area (Å²) in [4.78, 5) is 0. The predicted molar refractivity (Wildman–Crippen MR) is 48.4 cm³/mol. The second-order valence-corrected chi connectivity index (χ2v) is 3.23. The molecule has 0 saturated carbocycles. The first-order valence-electron chi connectivity index (χ1n) is 3.27. The normalized spacial score (nSPS) is 10.7. The summed E-state index contributed by atoms with van der Waals surface area (Å²) < 4.78 is 6.27. The third-order valence-corrected chi connectivity index (χ3v) is 2.29. The maximum atomic E-state index is 5.24. The summed E-state index contributed by atoms with van der Waals surface area (Å²) >= 11 is 3.43. The Morgan fingerprint density at radius 3 is 2.91 bits per heavy atom. The molecule has 0 aliphatic carbocycles. The Bertz CT molecular complexity index is 389. The van der Waals surface area contributed by atoms with E-state index in [0.717, 1.165) is 21.0 Å². The van der Waals surface area contributed by atoms with Gasteiger partial charge in [0.2, 0.25) is 0 Å². The summed E-state index contributed by atoms with van der Waals surface area (Å²) in [6.07, 6.45) is 1.66. The molecule has 1 heterocycles. The molecule has 0 amide bonds. The highest BCUT2D eigenvalue weighted by Gasteiger charge is 2.03. The van der Waals surface area contributed by atoms with Crippen LogP contribution in [0, 0.1) is 6.92 Å². The third kappa shape index (κ3) is 0.979. The minimum absolute atomic E-state index is 0.879. The number of rotatable bonds is 0. The van der Waals surface area contributed by atoms with Gasteiger partial charge in [0.15, 0.2) is 0 Å². The second-order valence-electron chi connectivity index (χ2n) is 2.37. The molecule has 1 radical (unpaired) electrons. The highest BCUT2D eigenvalue weighted by molar-refractivity contribution is 9.10. The Balaban J connectivity index is 2.96. The fourth-order valence-corrected chi connectivity index (χ4v) is 1.71. The average Bonchev–Trinajstić information content (AvgIpc) is 2.34. The first-order chi connectivity index (χ1) is 5.29. The van der Waals surface area contributed by atoms with Crippen molar-refractivity contribution in [2.45, 2.75) is 0 Å². The predicted octanol–water partition coefficient (Wildman–Crippen LogP) is 3.38. The molecule has 0 N–H and O–H groups in total. The van der Waals surface area contributed by atoms with Gasteiger partial charge in [-0.25, -0.2) is 0 Å². The van der Waals surface area contributed by atoms with Gasteiger partial charge in [0.1, 0.15) is 5.58 Å². The summed E-state index contributed by atoms with van der Waals surface area (Å²) in [7, 11) is 0. The molecule has 1 nitrogen and oxygen atoms in total. The first kappa shape index (κ1) is 6.92. The molecule has 55 valence electrons. The van der Waals surface area contributed by atoms with Gasteiger partial charge in [-0.15, -0.1) is 0 Å². The summed E-state index contributed by atoms with van der Waals surface area (Å²) in [5.41, 5.74) is 1.80. The van der Waals surface area contributed by atoms with Crippen molar-refractivity contribution in [1.82, 2.24) is 0 Å². The lowest BCUT2D eigenvalue weighted by atomic mass is 10.2. The standard InChI is InChI=1S/C9H6BrO/c1-6-5-11-8-4-2-3-7(10)9(6)8/h2-5H,1H2. The zero-order chi connectivity index (χ0) is 7.84. The van der Waals surface area contributed by atoms with Gasteiger partial charge < -0.3 is 4.42 Å². The van der Waals surface area contributed by atoms with E-state index in [-0.39, 0.29) is 0 Å². The molecule has 0 aliphatic rings. The number of hydrogen-bond acceptors (Lipinski definition) is 1. The van der Waals surface area contributed by atoms with Gasteiger partial charge in [0.05, 0.1) is 6.26 Å². The van der Waals surface area contributed by atoms with Crippen molar-refractivity contribution >= 4 is 26.9 Å². The van der Waals surface area contributed by atoms with Crippen molar-refractivity contribution in [2.75, 3.05) is 0 Å². The topological polar surface area (TPSA) is 13.1 Å². The lowest BCUT2D eigenvalue weighted by Crippen LogP contribution is -1.69. The van der Waals surface area contributed by atoms with E-state index in [9.17, 15) is 0 Å². The number of benzene rings is 1. The van der Waals surface area contributed by atoms with Gasteiger partial charge >= 0.3 is 0 Å². The minimum atomic E-state index is 0.879. The third-order valence-electron chi connectivity index (χ3n) is 1.62. The van der Waals surface area contributed by atoms with E-state index in [0.29, 0.717) is 0 Å². The highest BCUT2D eigenvalue weighted by Crippen LogP contribution is 2.27. The molecule has 2 aromatic rings. The molecule has 0 aliphatic heterocycles. The largest absolute Gasteiger partial charge is 0.464 e. The molecule has 0 spiro atoms. The number of hydrogen-bond donors (Lipinski definition) is 0. The van der Waals surface area contributed by atoms with Gasteiger partial charge in [-0.2, -0.15) is 0 Å². The van der Waals surface area contributed by atoms with Crippen LogP contribution in [0.2, 0.25) is 0 Å². The van der Waals surface area contributed by atoms with Crippen molar-refractivity contribution in [3.8, 4) is 0 Å². The van der Waals surface area contributed by atoms with Crippen LogP contribution < -0.4 is 0 Å². The molecule has 2 heteroatoms. The van der Waals surface area contributed by atoms with Crippen LogP contribution >= 0.6 is 15.9 Å². The minimum Gasteiger partial charge on any atom is -0.464 e. The quantitative estimate of drug-likeness (QED) is 0.649. The highest BCUT2D eigenvalue weighted by atomic mass is 79.9. The van der Waals surface area contributed by atoms with Crippen molar-refractivity contribution in [3.05, 3.63) is 41.4 Å². The van der Waals surface area contributed by atoms with Crippen molar-refractivity contribution in [3.63, 3.8) is 0 Å². The molecule has 2 rings (SSSR count). The van der Waals surface area contributed by atoms with Crippen LogP contribution in [0.5, 0.6) is 0 Å². The smallest absolute Gasteiger partial charge is 0.135 e. The monoisotopic (exact) mass is 209 g/mol. The molecule has 1 aromatic carbocycles. The summed E-state index contributed by atoms with van der Waals surface area (Å²) in [5, 5.41) is 1.06. The van der Waals surface area contributed by atoms with Crippen molar-refractivity contribution < 1.29 is 4.42 Å². The van der Waals surface area contributed by atoms with E-state index >= 15 is 0 Å². The SMILES string of the molecule is [CH2]c1coc2cccc(Br)c12. The summed E-state index contributed by atoms with van der Waals surface area (Å²) in [5.74, 6) is 0. The molecule has 0 saturated heterocycles. The molecule has 0 atom stereocenters. The molecular weight excluding hydrogens is 204 g/mol. The van der Waals surface area contributed by atoms with E-state index < -0.39 is 0 Å². The Morgan fingerprint density at radius 2 is 2.18 bits per heavy atom. The van der Waals surface area contributed by atoms with Crippen molar-refractivity contribution in [1.29, 1.82) is 0 Å². The Labute approximate surface area is 73.1 Å². The van der Waals surface area contributed by atoms with Gasteiger partial charge in [-0.3, -0.25) is 0 Å². The molecule has 0 bridgehead atoms. The molecule has 0 fully saturated rings. The number of fused-ring (bicyclic) bond motifs is 1. The number of halogens is 1. The van der Waals surface area contributed by atoms with Gasteiger partial charge in [0.25, 0.3) is 0 Å². The Kier molecular flexibility index (Phi) is 1.50. The van der Waals surface area contributed by atoms with E-state index in [4.69, 9.17) is 4.42 Å². The zero-order valence-corrected chi connectivity index (χ0v) is 7.39. The van der Waals surface area contributed by atoms with Crippen LogP contribution in [0.25, 0.3) is 11.0 Å². The lowest BCUT2D eigenvalue weighted by Gasteiger charge is -1.91. The van der Waals surface area contributed by atoms with Crippen LogP contribution in [0.3, 0.4) is 0 Å². The van der Waals surface area contributed by atoms with Crippen LogP contribution in [0.4, 0.5) is 0 Å². The fraction of sp³-hybridized carbons (Fsp3) is 0. The van der Waals surface area contributed by atoms with E-state index in [1.165, 1.54) is 0 Å². The van der Waals surface area contributed by atoms with Gasteiger partial charge in [-0.1, -0.05) is 22.0 Å². The van der Waals surface area contributed by atoms with Crippen molar-refractivity contribution in [2.24, 2.45) is 0 Å². The molecule has 0 unspecified atom stereocenters. The van der Waals surface area contributed by atoms with E-state index in [1.807, 2.05) is 18.2 Å². The number of furan rings is 1. The van der Waals surface area contributed by atoms with Crippen LogP contribution in [-0.2, 0) is 0 Å². The van der Waals surface area contributed by atoms with E-state index in [2.05, 4.69) is 22.9 Å². The molecule has 11 heavy (non-hydrogen) atoms. The Morgan fingerprint density at radius 1 is 1.36 bits per heavy atom. The lowest BCUT2D eigenvalue weighted by molar-refractivity contribution is 0.614. The Hall–Kier alpha value is -0.760.